The molecule has 2 aromatic rings. The second kappa shape index (κ2) is 8.65. The maximum Gasteiger partial charge on any atom is 0.246 e. The maximum atomic E-state index is 13.6. The van der Waals surface area contributed by atoms with Crippen molar-refractivity contribution in [1.82, 2.24) is 19.6 Å². The molecule has 2 heterocycles. The molecule has 1 aliphatic heterocycles. The van der Waals surface area contributed by atoms with Crippen molar-refractivity contribution in [3.05, 3.63) is 53.4 Å². The van der Waals surface area contributed by atoms with Crippen LogP contribution in [0.1, 0.15) is 55.5 Å². The first-order chi connectivity index (χ1) is 16.9. The fourth-order valence-corrected chi connectivity index (χ4v) is 7.81. The van der Waals surface area contributed by atoms with E-state index in [1.54, 1.807) is 6.08 Å². The van der Waals surface area contributed by atoms with Crippen molar-refractivity contribution < 1.29 is 9.59 Å². The number of carbonyl (C=O) groups excluding carboxylic acids is 2. The van der Waals surface area contributed by atoms with Gasteiger partial charge in [-0.25, -0.2) is 4.68 Å². The molecule has 1 saturated heterocycles. The molecule has 4 aliphatic carbocycles. The highest BCUT2D eigenvalue weighted by Crippen LogP contribution is 2.60. The first-order valence-corrected chi connectivity index (χ1v) is 13.3. The van der Waals surface area contributed by atoms with Crippen LogP contribution in [0.5, 0.6) is 0 Å². The van der Waals surface area contributed by atoms with E-state index in [-0.39, 0.29) is 11.3 Å². The molecule has 4 saturated carbocycles. The predicted molar refractivity (Wildman–Crippen MR) is 136 cm³/mol. The van der Waals surface area contributed by atoms with Gasteiger partial charge in [0.15, 0.2) is 0 Å². The fourth-order valence-electron chi connectivity index (χ4n) is 7.81. The number of piperazine rings is 1. The number of para-hydroxylation sites is 1. The summed E-state index contributed by atoms with van der Waals surface area (Å²) in [5.41, 5.74) is 3.83. The Morgan fingerprint density at radius 1 is 0.886 bits per heavy atom. The first-order valence-electron chi connectivity index (χ1n) is 13.3. The minimum Gasteiger partial charge on any atom is -0.339 e. The number of hydrogen-bond donors (Lipinski definition) is 0. The Morgan fingerprint density at radius 2 is 1.46 bits per heavy atom. The molecular weight excluding hydrogens is 436 g/mol. The number of rotatable bonds is 4. The van der Waals surface area contributed by atoms with Crippen molar-refractivity contribution in [2.45, 2.75) is 52.4 Å². The zero-order chi connectivity index (χ0) is 24.2. The molecule has 1 aromatic heterocycles. The fraction of sp³-hybridized carbons (Fsp3) is 0.552. The molecule has 4 bridgehead atoms. The van der Waals surface area contributed by atoms with Crippen LogP contribution < -0.4 is 0 Å². The minimum atomic E-state index is -0.0885. The second-order valence-electron chi connectivity index (χ2n) is 11.5. The number of nitrogens with zero attached hydrogens (tertiary/aromatic N) is 4. The minimum absolute atomic E-state index is 0.0122. The van der Waals surface area contributed by atoms with Crippen LogP contribution in [0.15, 0.2) is 36.4 Å². The van der Waals surface area contributed by atoms with Crippen molar-refractivity contribution in [2.24, 2.45) is 23.2 Å². The number of hydrogen-bond acceptors (Lipinski definition) is 3. The summed E-state index contributed by atoms with van der Waals surface area (Å²) in [4.78, 5) is 30.6. The molecule has 7 rings (SSSR count). The van der Waals surface area contributed by atoms with Crippen molar-refractivity contribution in [2.75, 3.05) is 26.2 Å². The summed E-state index contributed by atoms with van der Waals surface area (Å²) in [7, 11) is 0. The summed E-state index contributed by atoms with van der Waals surface area (Å²) in [6.45, 7) is 6.55. The Hall–Kier alpha value is -2.89. The van der Waals surface area contributed by atoms with Gasteiger partial charge in [-0.2, -0.15) is 5.10 Å². The smallest absolute Gasteiger partial charge is 0.246 e. The highest BCUT2D eigenvalue weighted by Gasteiger charge is 2.55. The molecule has 6 nitrogen and oxygen atoms in total. The first kappa shape index (κ1) is 22.6. The van der Waals surface area contributed by atoms with E-state index in [0.29, 0.717) is 32.1 Å². The van der Waals surface area contributed by atoms with Crippen LogP contribution in [0.2, 0.25) is 0 Å². The Bertz CT molecular complexity index is 1120. The van der Waals surface area contributed by atoms with Gasteiger partial charge in [-0.15, -0.1) is 0 Å². The average Bonchev–Trinajstić information content (AvgIpc) is 3.15. The van der Waals surface area contributed by atoms with Gasteiger partial charge in [0.2, 0.25) is 11.8 Å². The third-order valence-corrected chi connectivity index (χ3v) is 9.11. The quantitative estimate of drug-likeness (QED) is 0.620. The van der Waals surface area contributed by atoms with Crippen LogP contribution in [0.4, 0.5) is 0 Å². The number of carbonyl (C=O) groups is 2. The van der Waals surface area contributed by atoms with Gasteiger partial charge in [0.25, 0.3) is 0 Å². The predicted octanol–water partition coefficient (Wildman–Crippen LogP) is 4.39. The summed E-state index contributed by atoms with van der Waals surface area (Å²) in [6, 6.07) is 10.0. The van der Waals surface area contributed by atoms with Crippen LogP contribution >= 0.6 is 0 Å². The Morgan fingerprint density at radius 3 is 2.06 bits per heavy atom. The van der Waals surface area contributed by atoms with Crippen LogP contribution in [0.3, 0.4) is 0 Å². The number of benzene rings is 1. The van der Waals surface area contributed by atoms with E-state index in [0.717, 1.165) is 59.7 Å². The lowest BCUT2D eigenvalue weighted by atomic mass is 9.49. The van der Waals surface area contributed by atoms with E-state index in [4.69, 9.17) is 0 Å². The normalized spacial score (nSPS) is 29.8. The molecule has 5 fully saturated rings. The lowest BCUT2D eigenvalue weighted by molar-refractivity contribution is -0.160. The van der Waals surface area contributed by atoms with Gasteiger partial charge in [-0.05, 0) is 88.3 Å². The van der Waals surface area contributed by atoms with Gasteiger partial charge in [-0.3, -0.25) is 9.59 Å². The van der Waals surface area contributed by atoms with E-state index in [1.165, 1.54) is 19.3 Å². The highest BCUT2D eigenvalue weighted by atomic mass is 16.2. The SMILES string of the molecule is Cc1nn(-c2ccccc2)c(C)c1/C=C/C(=O)N1CCN(C(=O)C23CC4CC(CC(C4)C2)C3)CC1. The lowest BCUT2D eigenvalue weighted by Crippen LogP contribution is -2.58. The molecule has 0 radical (unpaired) electrons. The van der Waals surface area contributed by atoms with E-state index in [2.05, 4.69) is 10.00 Å². The van der Waals surface area contributed by atoms with E-state index < -0.39 is 0 Å². The van der Waals surface area contributed by atoms with Gasteiger partial charge in [0.1, 0.15) is 0 Å². The summed E-state index contributed by atoms with van der Waals surface area (Å²) >= 11 is 0. The standard InChI is InChI=1S/C29H36N4O2/c1-20-26(21(2)33(30-20)25-6-4-3-5-7-25)8-9-27(34)31-10-12-32(13-11-31)28(35)29-17-22-14-23(18-29)16-24(15-22)19-29/h3-9,22-24H,10-19H2,1-2H3/b9-8+. The number of aryl methyl sites for hydroxylation is 1. The molecule has 6 heteroatoms. The largest absolute Gasteiger partial charge is 0.339 e. The van der Waals surface area contributed by atoms with E-state index >= 15 is 0 Å². The van der Waals surface area contributed by atoms with Gasteiger partial charge in [-0.1, -0.05) is 18.2 Å². The molecule has 0 spiro atoms. The molecule has 184 valence electrons. The van der Waals surface area contributed by atoms with E-state index in [9.17, 15) is 9.59 Å². The molecule has 0 N–H and O–H groups in total. The molecule has 35 heavy (non-hydrogen) atoms. The van der Waals surface area contributed by atoms with Gasteiger partial charge < -0.3 is 9.80 Å². The van der Waals surface area contributed by atoms with Crippen LogP contribution in [-0.2, 0) is 9.59 Å². The molecular formula is C29H36N4O2. The van der Waals surface area contributed by atoms with E-state index in [1.807, 2.05) is 59.8 Å². The topological polar surface area (TPSA) is 58.4 Å². The van der Waals surface area contributed by atoms with Crippen molar-refractivity contribution in [3.63, 3.8) is 0 Å². The van der Waals surface area contributed by atoms with Crippen LogP contribution in [0, 0.1) is 37.0 Å². The van der Waals surface area contributed by atoms with Crippen molar-refractivity contribution in [3.8, 4) is 5.69 Å². The van der Waals surface area contributed by atoms with Crippen molar-refractivity contribution >= 4 is 17.9 Å². The lowest BCUT2D eigenvalue weighted by Gasteiger charge is -2.57. The molecule has 2 amide bonds. The highest BCUT2D eigenvalue weighted by molar-refractivity contribution is 5.92. The Kier molecular flexibility index (Phi) is 5.58. The maximum absolute atomic E-state index is 13.6. The molecule has 5 aliphatic rings. The Labute approximate surface area is 208 Å². The second-order valence-corrected chi connectivity index (χ2v) is 11.5. The van der Waals surface area contributed by atoms with Crippen LogP contribution in [0.25, 0.3) is 11.8 Å². The number of aromatic nitrogens is 2. The monoisotopic (exact) mass is 472 g/mol. The van der Waals surface area contributed by atoms with Gasteiger partial charge in [0, 0.05) is 43.5 Å². The summed E-state index contributed by atoms with van der Waals surface area (Å²) in [6.07, 6.45) is 10.9. The van der Waals surface area contributed by atoms with Gasteiger partial charge >= 0.3 is 0 Å². The number of amides is 2. The summed E-state index contributed by atoms with van der Waals surface area (Å²) in [5, 5.41) is 4.67. The van der Waals surface area contributed by atoms with Crippen molar-refractivity contribution in [1.29, 1.82) is 0 Å². The third-order valence-electron chi connectivity index (χ3n) is 9.11. The zero-order valence-electron chi connectivity index (χ0n) is 20.9. The average molecular weight is 473 g/mol. The Balaban J connectivity index is 1.09. The summed E-state index contributed by atoms with van der Waals surface area (Å²) < 4.78 is 1.92. The van der Waals surface area contributed by atoms with Crippen LogP contribution in [-0.4, -0.2) is 57.6 Å². The molecule has 1 aromatic carbocycles. The third kappa shape index (κ3) is 4.01. The molecule has 0 atom stereocenters. The molecule has 0 unspecified atom stereocenters. The summed E-state index contributed by atoms with van der Waals surface area (Å²) in [5.74, 6) is 2.72. The van der Waals surface area contributed by atoms with Gasteiger partial charge in [0.05, 0.1) is 16.8 Å². The zero-order valence-corrected chi connectivity index (χ0v) is 20.9.